The Hall–Kier alpha value is -2.48. The van der Waals surface area contributed by atoms with Gasteiger partial charge in [0.2, 0.25) is 0 Å². The van der Waals surface area contributed by atoms with Crippen LogP contribution < -0.4 is 20.8 Å². The molecule has 0 saturated heterocycles. The number of amides is 1. The van der Waals surface area contributed by atoms with E-state index in [4.69, 9.17) is 9.15 Å². The van der Waals surface area contributed by atoms with Gasteiger partial charge in [0.15, 0.2) is 6.61 Å². The standard InChI is InChI=1S/C17H19NO6S/c1-10-7-16(20)24-14-8-11(3-4-12(10)14)23-9-15(19)18-13(17(21)22)5-6-25-2/h3-4,7-8,13H,5-6,9H2,1-2H3,(H,18,19)(H,21,22)/p-1. The third-order valence-electron chi connectivity index (χ3n) is 3.52. The summed E-state index contributed by atoms with van der Waals surface area (Å²) in [5.74, 6) is -0.972. The van der Waals surface area contributed by atoms with E-state index in [-0.39, 0.29) is 13.0 Å². The summed E-state index contributed by atoms with van der Waals surface area (Å²) < 4.78 is 10.5. The fourth-order valence-corrected chi connectivity index (χ4v) is 2.74. The molecule has 2 rings (SSSR count). The van der Waals surface area contributed by atoms with Crippen LogP contribution in [0, 0.1) is 6.92 Å². The van der Waals surface area contributed by atoms with Gasteiger partial charge in [-0.25, -0.2) is 4.79 Å². The van der Waals surface area contributed by atoms with E-state index in [0.717, 1.165) is 10.9 Å². The zero-order valence-corrected chi connectivity index (χ0v) is 14.7. The molecule has 0 spiro atoms. The van der Waals surface area contributed by atoms with Gasteiger partial charge in [-0.3, -0.25) is 4.79 Å². The van der Waals surface area contributed by atoms with Crippen LogP contribution in [-0.4, -0.2) is 36.5 Å². The lowest BCUT2D eigenvalue weighted by Gasteiger charge is -2.19. The van der Waals surface area contributed by atoms with Gasteiger partial charge in [-0.1, -0.05) is 0 Å². The summed E-state index contributed by atoms with van der Waals surface area (Å²) in [4.78, 5) is 34.3. The Morgan fingerprint density at radius 2 is 2.12 bits per heavy atom. The maximum atomic E-state index is 11.9. The minimum Gasteiger partial charge on any atom is -0.548 e. The molecule has 0 bridgehead atoms. The summed E-state index contributed by atoms with van der Waals surface area (Å²) in [5.41, 5.74) is 0.669. The minimum atomic E-state index is -1.33. The fourth-order valence-electron chi connectivity index (χ4n) is 2.26. The SMILES string of the molecule is CSCCC(NC(=O)COc1ccc2c(C)cc(=O)oc2c1)C(=O)[O-]. The number of benzene rings is 1. The molecule has 1 N–H and O–H groups in total. The molecule has 0 aliphatic rings. The van der Waals surface area contributed by atoms with Crippen LogP contribution in [-0.2, 0) is 9.59 Å². The predicted octanol–water partition coefficient (Wildman–Crippen LogP) is 0.468. The Bertz CT molecular complexity index is 831. The van der Waals surface area contributed by atoms with Crippen LogP contribution in [0.3, 0.4) is 0 Å². The molecule has 25 heavy (non-hydrogen) atoms. The first-order chi connectivity index (χ1) is 11.9. The number of nitrogens with one attached hydrogen (secondary N) is 1. The van der Waals surface area contributed by atoms with Crippen LogP contribution in [0.5, 0.6) is 5.75 Å². The van der Waals surface area contributed by atoms with Gasteiger partial charge in [-0.2, -0.15) is 11.8 Å². The van der Waals surface area contributed by atoms with Gasteiger partial charge in [0.1, 0.15) is 11.3 Å². The number of hydrogen-bond donors (Lipinski definition) is 1. The lowest BCUT2D eigenvalue weighted by molar-refractivity contribution is -0.308. The third kappa shape index (κ3) is 5.25. The van der Waals surface area contributed by atoms with E-state index in [1.807, 2.05) is 6.26 Å². The second kappa shape index (κ2) is 8.57. The number of hydrogen-bond acceptors (Lipinski definition) is 7. The van der Waals surface area contributed by atoms with Crippen LogP contribution in [0.25, 0.3) is 11.0 Å². The quantitative estimate of drug-likeness (QED) is 0.678. The Labute approximate surface area is 148 Å². The largest absolute Gasteiger partial charge is 0.548 e. The Morgan fingerprint density at radius 1 is 1.36 bits per heavy atom. The van der Waals surface area contributed by atoms with Crippen molar-refractivity contribution in [2.24, 2.45) is 0 Å². The fraction of sp³-hybridized carbons (Fsp3) is 0.353. The maximum Gasteiger partial charge on any atom is 0.336 e. The molecule has 0 radical (unpaired) electrons. The number of carbonyl (C=O) groups is 2. The van der Waals surface area contributed by atoms with Crippen molar-refractivity contribution in [3.8, 4) is 5.75 Å². The summed E-state index contributed by atoms with van der Waals surface area (Å²) in [6, 6.07) is 5.22. The van der Waals surface area contributed by atoms with Crippen LogP contribution >= 0.6 is 11.8 Å². The molecule has 2 aromatic rings. The number of carbonyl (C=O) groups excluding carboxylic acids is 2. The zero-order valence-electron chi connectivity index (χ0n) is 13.9. The van der Waals surface area contributed by atoms with Crippen molar-refractivity contribution in [1.29, 1.82) is 0 Å². The summed E-state index contributed by atoms with van der Waals surface area (Å²) in [5, 5.41) is 14.1. The molecule has 1 atom stereocenters. The van der Waals surface area contributed by atoms with E-state index in [2.05, 4.69) is 5.32 Å². The monoisotopic (exact) mass is 364 g/mol. The number of carboxylic acids is 1. The first kappa shape index (κ1) is 18.9. The second-order valence-corrected chi connectivity index (χ2v) is 6.40. The number of carboxylic acid groups (broad SMARTS) is 1. The van der Waals surface area contributed by atoms with Crippen LogP contribution in [0.1, 0.15) is 12.0 Å². The molecular formula is C17H18NO6S-. The first-order valence-electron chi connectivity index (χ1n) is 7.57. The van der Waals surface area contributed by atoms with Gasteiger partial charge in [0, 0.05) is 17.5 Å². The van der Waals surface area contributed by atoms with Crippen molar-refractivity contribution in [3.63, 3.8) is 0 Å². The molecule has 8 heteroatoms. The van der Waals surface area contributed by atoms with Gasteiger partial charge in [-0.05, 0) is 43.0 Å². The van der Waals surface area contributed by atoms with E-state index >= 15 is 0 Å². The van der Waals surface area contributed by atoms with Gasteiger partial charge < -0.3 is 24.4 Å². The average molecular weight is 364 g/mol. The number of thioether (sulfide) groups is 1. The number of fused-ring (bicyclic) bond motifs is 1. The molecule has 0 aliphatic carbocycles. The minimum absolute atomic E-state index is 0.273. The van der Waals surface area contributed by atoms with Crippen molar-refractivity contribution < 1.29 is 23.8 Å². The van der Waals surface area contributed by atoms with E-state index in [1.54, 1.807) is 19.1 Å². The molecule has 1 aromatic heterocycles. The van der Waals surface area contributed by atoms with E-state index in [9.17, 15) is 19.5 Å². The Morgan fingerprint density at radius 3 is 2.80 bits per heavy atom. The highest BCUT2D eigenvalue weighted by Crippen LogP contribution is 2.22. The molecular weight excluding hydrogens is 346 g/mol. The highest BCUT2D eigenvalue weighted by Gasteiger charge is 2.14. The lowest BCUT2D eigenvalue weighted by Crippen LogP contribution is -2.49. The Balaban J connectivity index is 2.00. The number of aliphatic carboxylic acids is 1. The maximum absolute atomic E-state index is 11.9. The lowest BCUT2D eigenvalue weighted by atomic mass is 10.1. The predicted molar refractivity (Wildman–Crippen MR) is 92.7 cm³/mol. The smallest absolute Gasteiger partial charge is 0.336 e. The van der Waals surface area contributed by atoms with Crippen molar-refractivity contribution in [2.75, 3.05) is 18.6 Å². The molecule has 7 nitrogen and oxygen atoms in total. The topological polar surface area (TPSA) is 109 Å². The molecule has 134 valence electrons. The third-order valence-corrected chi connectivity index (χ3v) is 4.17. The van der Waals surface area contributed by atoms with Crippen LogP contribution in [0.2, 0.25) is 0 Å². The summed E-state index contributed by atoms with van der Waals surface area (Å²) in [6.45, 7) is 1.44. The van der Waals surface area contributed by atoms with Crippen LogP contribution in [0.15, 0.2) is 33.5 Å². The zero-order chi connectivity index (χ0) is 18.4. The van der Waals surface area contributed by atoms with E-state index in [1.165, 1.54) is 23.9 Å². The Kier molecular flexibility index (Phi) is 6.46. The molecule has 0 saturated carbocycles. The average Bonchev–Trinajstić information content (AvgIpc) is 2.56. The number of ether oxygens (including phenoxy) is 1. The van der Waals surface area contributed by atoms with Gasteiger partial charge in [0.25, 0.3) is 5.91 Å². The van der Waals surface area contributed by atoms with Crippen molar-refractivity contribution in [3.05, 3.63) is 40.2 Å². The summed E-state index contributed by atoms with van der Waals surface area (Å²) >= 11 is 1.48. The molecule has 1 amide bonds. The molecule has 0 fully saturated rings. The van der Waals surface area contributed by atoms with Gasteiger partial charge >= 0.3 is 5.63 Å². The summed E-state index contributed by atoms with van der Waals surface area (Å²) in [6.07, 6.45) is 2.12. The second-order valence-electron chi connectivity index (χ2n) is 5.42. The van der Waals surface area contributed by atoms with E-state index < -0.39 is 23.5 Å². The van der Waals surface area contributed by atoms with Crippen molar-refractivity contribution in [2.45, 2.75) is 19.4 Å². The number of aryl methyl sites for hydroxylation is 1. The van der Waals surface area contributed by atoms with Gasteiger partial charge in [0.05, 0.1) is 12.0 Å². The molecule has 1 unspecified atom stereocenters. The normalized spacial score (nSPS) is 11.9. The summed E-state index contributed by atoms with van der Waals surface area (Å²) in [7, 11) is 0. The molecule has 1 heterocycles. The molecule has 0 aliphatic heterocycles. The number of rotatable bonds is 8. The van der Waals surface area contributed by atoms with Crippen LogP contribution in [0.4, 0.5) is 0 Å². The van der Waals surface area contributed by atoms with Gasteiger partial charge in [-0.15, -0.1) is 0 Å². The van der Waals surface area contributed by atoms with E-state index in [0.29, 0.717) is 17.1 Å². The first-order valence-corrected chi connectivity index (χ1v) is 8.96. The molecule has 1 aromatic carbocycles. The highest BCUT2D eigenvalue weighted by molar-refractivity contribution is 7.98. The van der Waals surface area contributed by atoms with Crippen molar-refractivity contribution >= 4 is 34.6 Å². The highest BCUT2D eigenvalue weighted by atomic mass is 32.2. The van der Waals surface area contributed by atoms with Crippen molar-refractivity contribution in [1.82, 2.24) is 5.32 Å².